The van der Waals surface area contributed by atoms with E-state index in [0.717, 1.165) is 19.5 Å². The smallest absolute Gasteiger partial charge is 0.322 e. The van der Waals surface area contributed by atoms with E-state index >= 15 is 0 Å². The Kier molecular flexibility index (Phi) is 4.88. The summed E-state index contributed by atoms with van der Waals surface area (Å²) in [6.45, 7) is 0.748. The van der Waals surface area contributed by atoms with Gasteiger partial charge in [-0.2, -0.15) is 0 Å². The van der Waals surface area contributed by atoms with Crippen molar-refractivity contribution in [1.82, 2.24) is 0 Å². The van der Waals surface area contributed by atoms with E-state index in [0.29, 0.717) is 6.10 Å². The van der Waals surface area contributed by atoms with Crippen molar-refractivity contribution >= 4 is 7.60 Å². The first kappa shape index (κ1) is 11.1. The normalized spacial score (nSPS) is 17.1. The first-order valence-electron chi connectivity index (χ1n) is 3.19. The SMILES string of the molecule is CP(=O)(O)O.OCOC1CC1. The summed E-state index contributed by atoms with van der Waals surface area (Å²) < 4.78 is 14.0. The van der Waals surface area contributed by atoms with Gasteiger partial charge in [0, 0.05) is 6.66 Å². The highest BCUT2D eigenvalue weighted by molar-refractivity contribution is 7.50. The summed E-state index contributed by atoms with van der Waals surface area (Å²) >= 11 is 0. The van der Waals surface area contributed by atoms with E-state index in [9.17, 15) is 4.57 Å². The van der Waals surface area contributed by atoms with Crippen molar-refractivity contribution in [1.29, 1.82) is 0 Å². The van der Waals surface area contributed by atoms with Gasteiger partial charge < -0.3 is 19.6 Å². The molecule has 68 valence electrons. The Hall–Kier alpha value is 0.0700. The lowest BCUT2D eigenvalue weighted by Gasteiger charge is -1.88. The fraction of sp³-hybridized carbons (Fsp3) is 1.00. The lowest BCUT2D eigenvalue weighted by Crippen LogP contribution is -1.92. The lowest BCUT2D eigenvalue weighted by atomic mass is 10.8. The summed E-state index contributed by atoms with van der Waals surface area (Å²) in [6, 6.07) is 0. The monoisotopic (exact) mass is 184 g/mol. The number of hydrogen-bond acceptors (Lipinski definition) is 3. The Morgan fingerprint density at radius 2 is 1.91 bits per heavy atom. The highest BCUT2D eigenvalue weighted by atomic mass is 31.2. The van der Waals surface area contributed by atoms with Crippen molar-refractivity contribution in [2.75, 3.05) is 13.5 Å². The Balaban J connectivity index is 0.000000187. The molecule has 6 heteroatoms. The van der Waals surface area contributed by atoms with Crippen molar-refractivity contribution < 1.29 is 24.2 Å². The molecule has 0 aliphatic heterocycles. The molecule has 0 aromatic rings. The summed E-state index contributed by atoms with van der Waals surface area (Å²) in [7, 11) is -3.64. The van der Waals surface area contributed by atoms with Crippen LogP contribution in [0.5, 0.6) is 0 Å². The van der Waals surface area contributed by atoms with Gasteiger partial charge in [-0.1, -0.05) is 0 Å². The average molecular weight is 184 g/mol. The molecule has 1 saturated carbocycles. The molecule has 3 N–H and O–H groups in total. The van der Waals surface area contributed by atoms with Crippen molar-refractivity contribution in [2.45, 2.75) is 18.9 Å². The number of aliphatic hydroxyl groups excluding tert-OH is 1. The molecule has 0 bridgehead atoms. The second-order valence-electron chi connectivity index (χ2n) is 2.33. The molecule has 0 aromatic heterocycles. The molecule has 1 aliphatic carbocycles. The molecule has 0 heterocycles. The van der Waals surface area contributed by atoms with E-state index in [1.54, 1.807) is 0 Å². The minimum absolute atomic E-state index is 0.106. The molecule has 5 nitrogen and oxygen atoms in total. The quantitative estimate of drug-likeness (QED) is 0.412. The van der Waals surface area contributed by atoms with Crippen LogP contribution in [0.1, 0.15) is 12.8 Å². The van der Waals surface area contributed by atoms with E-state index in [1.807, 2.05) is 0 Å². The highest BCUT2D eigenvalue weighted by Gasteiger charge is 2.20. The topological polar surface area (TPSA) is 87.0 Å². The summed E-state index contributed by atoms with van der Waals surface area (Å²) in [4.78, 5) is 15.3. The molecule has 0 saturated heterocycles. The Morgan fingerprint density at radius 3 is 2.00 bits per heavy atom. The summed E-state index contributed by atoms with van der Waals surface area (Å²) in [5.41, 5.74) is 0. The largest absolute Gasteiger partial charge is 0.371 e. The van der Waals surface area contributed by atoms with Crippen molar-refractivity contribution in [3.63, 3.8) is 0 Å². The van der Waals surface area contributed by atoms with Crippen molar-refractivity contribution in [3.8, 4) is 0 Å². The third-order valence-electron chi connectivity index (χ3n) is 0.835. The minimum atomic E-state index is -3.64. The van der Waals surface area contributed by atoms with Crippen molar-refractivity contribution in [3.05, 3.63) is 0 Å². The number of rotatable bonds is 2. The van der Waals surface area contributed by atoms with E-state index in [-0.39, 0.29) is 6.79 Å². The maximum absolute atomic E-state index is 9.33. The minimum Gasteiger partial charge on any atom is -0.371 e. The van der Waals surface area contributed by atoms with Gasteiger partial charge in [-0.15, -0.1) is 0 Å². The second-order valence-corrected chi connectivity index (χ2v) is 4.00. The van der Waals surface area contributed by atoms with Crippen LogP contribution < -0.4 is 0 Å². The first-order chi connectivity index (χ1) is 4.93. The molecule has 1 rings (SSSR count). The van der Waals surface area contributed by atoms with E-state index < -0.39 is 7.60 Å². The fourth-order valence-electron chi connectivity index (χ4n) is 0.340. The standard InChI is InChI=1S/C4H8O2.CH5O3P/c5-3-6-4-1-2-4;1-5(2,3)4/h4-5H,1-3H2;1H3,(H2,2,3,4). The maximum atomic E-state index is 9.33. The first-order valence-corrected chi connectivity index (χ1v) is 5.25. The predicted molar refractivity (Wildman–Crippen MR) is 39.2 cm³/mol. The molecule has 0 radical (unpaired) electrons. The molecule has 0 unspecified atom stereocenters. The summed E-state index contributed by atoms with van der Waals surface area (Å²) in [6.07, 6.45) is 2.68. The predicted octanol–water partition coefficient (Wildman–Crippen LogP) is -0.0909. The van der Waals surface area contributed by atoms with Crippen LogP contribution in [0.25, 0.3) is 0 Å². The van der Waals surface area contributed by atoms with Crippen LogP contribution in [0, 0.1) is 0 Å². The third kappa shape index (κ3) is 17.8. The van der Waals surface area contributed by atoms with Crippen LogP contribution in [0.4, 0.5) is 0 Å². The second kappa shape index (κ2) is 4.85. The molecule has 0 aromatic carbocycles. The van der Waals surface area contributed by atoms with E-state index in [1.165, 1.54) is 0 Å². The Bertz CT molecular complexity index is 130. The van der Waals surface area contributed by atoms with Crippen LogP contribution in [0.2, 0.25) is 0 Å². The van der Waals surface area contributed by atoms with Gasteiger partial charge in [-0.3, -0.25) is 4.57 Å². The van der Waals surface area contributed by atoms with Crippen LogP contribution >= 0.6 is 7.60 Å². The van der Waals surface area contributed by atoms with Crippen LogP contribution in [0.15, 0.2) is 0 Å². The molecule has 0 spiro atoms. The molecular formula is C5H13O5P. The zero-order valence-corrected chi connectivity index (χ0v) is 7.20. The van der Waals surface area contributed by atoms with Crippen LogP contribution in [-0.2, 0) is 9.30 Å². The Labute approximate surface area is 65.2 Å². The zero-order chi connectivity index (χ0) is 8.91. The average Bonchev–Trinajstić information content (AvgIpc) is 2.45. The number of aliphatic hydroxyl groups is 1. The molecule has 11 heavy (non-hydrogen) atoms. The maximum Gasteiger partial charge on any atom is 0.322 e. The zero-order valence-electron chi connectivity index (χ0n) is 6.30. The van der Waals surface area contributed by atoms with Gasteiger partial charge >= 0.3 is 7.60 Å². The van der Waals surface area contributed by atoms with Crippen LogP contribution in [-0.4, -0.2) is 34.5 Å². The van der Waals surface area contributed by atoms with Gasteiger partial charge in [-0.25, -0.2) is 0 Å². The fourth-order valence-corrected chi connectivity index (χ4v) is 0.340. The van der Waals surface area contributed by atoms with Gasteiger partial charge in [0.15, 0.2) is 0 Å². The van der Waals surface area contributed by atoms with E-state index in [2.05, 4.69) is 0 Å². The van der Waals surface area contributed by atoms with Gasteiger partial charge in [0.1, 0.15) is 6.79 Å². The van der Waals surface area contributed by atoms with E-state index in [4.69, 9.17) is 19.6 Å². The van der Waals surface area contributed by atoms with Gasteiger partial charge in [0.2, 0.25) is 0 Å². The Morgan fingerprint density at radius 1 is 1.55 bits per heavy atom. The van der Waals surface area contributed by atoms with Gasteiger partial charge in [0.25, 0.3) is 0 Å². The van der Waals surface area contributed by atoms with Crippen LogP contribution in [0.3, 0.4) is 0 Å². The highest BCUT2D eigenvalue weighted by Crippen LogP contribution is 2.26. The molecule has 1 aliphatic rings. The number of hydrogen-bond donors (Lipinski definition) is 3. The molecule has 1 fully saturated rings. The van der Waals surface area contributed by atoms with Gasteiger partial charge in [-0.05, 0) is 12.8 Å². The van der Waals surface area contributed by atoms with Crippen molar-refractivity contribution in [2.24, 2.45) is 0 Å². The molecule has 0 atom stereocenters. The number of ether oxygens (including phenoxy) is 1. The molecular weight excluding hydrogens is 171 g/mol. The molecule has 0 amide bonds. The summed E-state index contributed by atoms with van der Waals surface area (Å²) in [5, 5.41) is 8.05. The third-order valence-corrected chi connectivity index (χ3v) is 0.835. The lowest BCUT2D eigenvalue weighted by molar-refractivity contribution is -0.0113. The van der Waals surface area contributed by atoms with Gasteiger partial charge in [0.05, 0.1) is 6.10 Å². The summed E-state index contributed by atoms with van der Waals surface area (Å²) in [5.74, 6) is 0.